The molecule has 2 saturated heterocycles. The molecule has 2 bridgehead atoms. The van der Waals surface area contributed by atoms with Crippen LogP contribution in [0.2, 0.25) is 5.02 Å². The summed E-state index contributed by atoms with van der Waals surface area (Å²) in [6.07, 6.45) is 3.86. The van der Waals surface area contributed by atoms with Gasteiger partial charge in [0.15, 0.2) is 10.8 Å². The van der Waals surface area contributed by atoms with E-state index >= 15 is 0 Å². The Labute approximate surface area is 228 Å². The molecule has 10 nitrogen and oxygen atoms in total. The molecule has 4 heterocycles. The van der Waals surface area contributed by atoms with Crippen LogP contribution in [0, 0.1) is 5.82 Å². The van der Waals surface area contributed by atoms with Gasteiger partial charge in [0.25, 0.3) is 0 Å². The van der Waals surface area contributed by atoms with Crippen LogP contribution in [0.25, 0.3) is 22.1 Å². The van der Waals surface area contributed by atoms with Crippen molar-refractivity contribution in [2.24, 2.45) is 0 Å². The van der Waals surface area contributed by atoms with Gasteiger partial charge in [-0.1, -0.05) is 11.6 Å². The predicted octanol–water partition coefficient (Wildman–Crippen LogP) is 3.13. The Bertz CT molecular complexity index is 1440. The van der Waals surface area contributed by atoms with Crippen molar-refractivity contribution in [3.63, 3.8) is 0 Å². The summed E-state index contributed by atoms with van der Waals surface area (Å²) >= 11 is 7.74. The molecule has 14 heteroatoms. The second-order valence-electron chi connectivity index (χ2n) is 9.25. The van der Waals surface area contributed by atoms with E-state index in [1.165, 1.54) is 30.6 Å². The number of rotatable bonds is 7. The summed E-state index contributed by atoms with van der Waals surface area (Å²) in [6, 6.07) is 3.43. The van der Waals surface area contributed by atoms with Crippen molar-refractivity contribution >= 4 is 38.9 Å². The first kappa shape index (κ1) is 27.0. The molecule has 3 aromatic rings. The number of nitrogens with zero attached hydrogens (tertiary/aromatic N) is 4. The van der Waals surface area contributed by atoms with E-state index in [4.69, 9.17) is 26.1 Å². The van der Waals surface area contributed by atoms with Crippen LogP contribution >= 0.6 is 22.9 Å². The van der Waals surface area contributed by atoms with Gasteiger partial charge in [-0.3, -0.25) is 4.90 Å². The lowest BCUT2D eigenvalue weighted by molar-refractivity contribution is -0.0838. The molecule has 2 fully saturated rings. The van der Waals surface area contributed by atoms with Gasteiger partial charge in [-0.05, 0) is 31.0 Å². The van der Waals surface area contributed by atoms with Crippen molar-refractivity contribution in [1.29, 1.82) is 0 Å². The molecule has 2 aliphatic heterocycles. The number of sulfonamides is 1. The highest BCUT2D eigenvalue weighted by Gasteiger charge is 2.41. The molecule has 2 aromatic heterocycles. The summed E-state index contributed by atoms with van der Waals surface area (Å²) in [5, 5.41) is 2.42. The van der Waals surface area contributed by atoms with Crippen molar-refractivity contribution in [1.82, 2.24) is 24.6 Å². The van der Waals surface area contributed by atoms with Gasteiger partial charge >= 0.3 is 5.97 Å². The van der Waals surface area contributed by atoms with E-state index < -0.39 is 21.8 Å². The van der Waals surface area contributed by atoms with Crippen molar-refractivity contribution in [3.05, 3.63) is 51.9 Å². The SMILES string of the molecule is COC(=O)c1c(CN2C3COC[C@H]2CC(NS(C)(=O)=O)C3)nc(-c2nccs2)nc1-c1ccc(F)cc1Cl. The number of ether oxygens (including phenoxy) is 2. The maximum atomic E-state index is 13.9. The average Bonchev–Trinajstić information content (AvgIpc) is 3.38. The second-order valence-corrected chi connectivity index (χ2v) is 12.3. The Morgan fingerprint density at radius 2 is 2.03 bits per heavy atom. The van der Waals surface area contributed by atoms with Crippen LogP contribution in [-0.4, -0.2) is 78.9 Å². The Kier molecular flexibility index (Phi) is 7.76. The fraction of sp³-hybridized carbons (Fsp3) is 0.417. The molecule has 0 spiro atoms. The molecule has 0 saturated carbocycles. The molecule has 1 N–H and O–H groups in total. The van der Waals surface area contributed by atoms with Gasteiger partial charge in [-0.25, -0.2) is 37.3 Å². The minimum absolute atomic E-state index is 0.0859. The van der Waals surface area contributed by atoms with Crippen LogP contribution in [0.3, 0.4) is 0 Å². The molecule has 0 aliphatic carbocycles. The molecule has 202 valence electrons. The molecule has 2 unspecified atom stereocenters. The van der Waals surface area contributed by atoms with Gasteiger partial charge < -0.3 is 9.47 Å². The highest BCUT2D eigenvalue weighted by Crippen LogP contribution is 2.36. The Balaban J connectivity index is 1.60. The van der Waals surface area contributed by atoms with Gasteiger partial charge in [0.1, 0.15) is 11.4 Å². The zero-order chi connectivity index (χ0) is 27.0. The van der Waals surface area contributed by atoms with E-state index in [2.05, 4.69) is 19.6 Å². The number of esters is 1. The second kappa shape index (κ2) is 10.9. The number of hydrogen-bond donors (Lipinski definition) is 1. The quantitative estimate of drug-likeness (QED) is 0.419. The number of morpholine rings is 1. The van der Waals surface area contributed by atoms with Crippen LogP contribution in [0.4, 0.5) is 4.39 Å². The van der Waals surface area contributed by atoms with E-state index in [-0.39, 0.29) is 41.0 Å². The summed E-state index contributed by atoms with van der Waals surface area (Å²) in [4.78, 5) is 29.0. The first-order chi connectivity index (χ1) is 18.1. The van der Waals surface area contributed by atoms with Gasteiger partial charge in [-0.2, -0.15) is 0 Å². The summed E-state index contributed by atoms with van der Waals surface area (Å²) in [7, 11) is -2.10. The Hall–Kier alpha value is -2.55. The fourth-order valence-corrected chi connectivity index (χ4v) is 6.69. The Morgan fingerprint density at radius 1 is 1.29 bits per heavy atom. The van der Waals surface area contributed by atoms with E-state index in [0.29, 0.717) is 48.1 Å². The Morgan fingerprint density at radius 3 is 2.63 bits per heavy atom. The lowest BCUT2D eigenvalue weighted by atomic mass is 9.90. The third-order valence-electron chi connectivity index (χ3n) is 6.57. The van der Waals surface area contributed by atoms with Crippen LogP contribution in [0.15, 0.2) is 29.8 Å². The number of benzene rings is 1. The lowest BCUT2D eigenvalue weighted by Crippen LogP contribution is -2.60. The number of halogens is 2. The summed E-state index contributed by atoms with van der Waals surface area (Å²) in [5.41, 5.74) is 1.09. The van der Waals surface area contributed by atoms with Crippen molar-refractivity contribution in [2.45, 2.75) is 37.5 Å². The number of thiazole rings is 1. The summed E-state index contributed by atoms with van der Waals surface area (Å²) in [5.74, 6) is -0.879. The summed E-state index contributed by atoms with van der Waals surface area (Å²) < 4.78 is 51.2. The van der Waals surface area contributed by atoms with Gasteiger partial charge in [0.2, 0.25) is 10.0 Å². The number of nitrogens with one attached hydrogen (secondary N) is 1. The first-order valence-electron chi connectivity index (χ1n) is 11.8. The third-order valence-corrected chi connectivity index (χ3v) is 8.41. The fourth-order valence-electron chi connectivity index (χ4n) is 5.06. The minimum atomic E-state index is -3.36. The zero-order valence-corrected chi connectivity index (χ0v) is 22.9. The average molecular weight is 582 g/mol. The molecule has 5 rings (SSSR count). The van der Waals surface area contributed by atoms with Crippen molar-refractivity contribution in [3.8, 4) is 22.1 Å². The molecule has 3 atom stereocenters. The number of fused-ring (bicyclic) bond motifs is 2. The number of aromatic nitrogens is 3. The van der Waals surface area contributed by atoms with Crippen LogP contribution in [-0.2, 0) is 26.0 Å². The molecule has 2 aliphatic rings. The highest BCUT2D eigenvalue weighted by atomic mass is 35.5. The van der Waals surface area contributed by atoms with Crippen molar-refractivity contribution in [2.75, 3.05) is 26.6 Å². The van der Waals surface area contributed by atoms with E-state index in [0.717, 1.165) is 12.3 Å². The van der Waals surface area contributed by atoms with Crippen LogP contribution in [0.5, 0.6) is 0 Å². The van der Waals surface area contributed by atoms with E-state index in [1.54, 1.807) is 11.6 Å². The standard InChI is InChI=1S/C24H25ClFN5O5S2/c1-35-24(32)20-19(10-31-15-8-14(30-38(2,33)34)9-16(31)12-36-11-15)28-22(23-27-5-6-37-23)29-21(20)17-4-3-13(26)7-18(17)25/h3-7,14-16,30H,8-12H2,1-2H3/t14?,15-,16?/m1/s1. The maximum Gasteiger partial charge on any atom is 0.342 e. The topological polar surface area (TPSA) is 124 Å². The number of carbonyl (C=O) groups excluding carboxylic acids is 1. The maximum absolute atomic E-state index is 13.9. The highest BCUT2D eigenvalue weighted by molar-refractivity contribution is 7.88. The van der Waals surface area contributed by atoms with Crippen LogP contribution in [0.1, 0.15) is 28.9 Å². The van der Waals surface area contributed by atoms with E-state index in [9.17, 15) is 17.6 Å². The smallest absolute Gasteiger partial charge is 0.342 e. The number of carbonyl (C=O) groups is 1. The lowest BCUT2D eigenvalue weighted by Gasteiger charge is -2.48. The minimum Gasteiger partial charge on any atom is -0.465 e. The van der Waals surface area contributed by atoms with E-state index in [1.807, 2.05) is 0 Å². The zero-order valence-electron chi connectivity index (χ0n) is 20.6. The number of piperidine rings is 1. The normalized spacial score (nSPS) is 21.8. The molecule has 0 amide bonds. The largest absolute Gasteiger partial charge is 0.465 e. The predicted molar refractivity (Wildman–Crippen MR) is 140 cm³/mol. The van der Waals surface area contributed by atoms with Gasteiger partial charge in [0, 0.05) is 41.8 Å². The molecule has 0 radical (unpaired) electrons. The van der Waals surface area contributed by atoms with Crippen LogP contribution < -0.4 is 4.72 Å². The molecular weight excluding hydrogens is 557 g/mol. The monoisotopic (exact) mass is 581 g/mol. The van der Waals surface area contributed by atoms with Crippen molar-refractivity contribution < 1.29 is 27.1 Å². The first-order valence-corrected chi connectivity index (χ1v) is 14.9. The number of hydrogen-bond acceptors (Lipinski definition) is 10. The third kappa shape index (κ3) is 5.72. The molecular formula is C24H25ClFN5O5S2. The molecule has 38 heavy (non-hydrogen) atoms. The van der Waals surface area contributed by atoms with Gasteiger partial charge in [0.05, 0.1) is 43.0 Å². The molecule has 1 aromatic carbocycles. The number of methoxy groups -OCH3 is 1. The summed E-state index contributed by atoms with van der Waals surface area (Å²) in [6.45, 7) is 1.07. The van der Waals surface area contributed by atoms with Gasteiger partial charge in [-0.15, -0.1) is 11.3 Å².